The van der Waals surface area contributed by atoms with Crippen molar-refractivity contribution in [2.24, 2.45) is 0 Å². The van der Waals surface area contributed by atoms with Gasteiger partial charge in [-0.05, 0) is 36.4 Å². The summed E-state index contributed by atoms with van der Waals surface area (Å²) in [5.41, 5.74) is 1.85. The highest BCUT2D eigenvalue weighted by Crippen LogP contribution is 2.17. The highest BCUT2D eigenvalue weighted by molar-refractivity contribution is 6.11. The number of hydrogen-bond donors (Lipinski definition) is 3. The number of nitrogens with one attached hydrogen (secondary N) is 3. The first-order valence-electron chi connectivity index (χ1n) is 8.12. The topological polar surface area (TPSA) is 113 Å². The fourth-order valence-corrected chi connectivity index (χ4v) is 2.60. The van der Waals surface area contributed by atoms with Crippen LogP contribution in [0.5, 0.6) is 0 Å². The molecule has 3 N–H and O–H groups in total. The lowest BCUT2D eigenvalue weighted by Gasteiger charge is -2.08. The van der Waals surface area contributed by atoms with Crippen LogP contribution in [0.4, 0.5) is 11.5 Å². The van der Waals surface area contributed by atoms with Crippen molar-refractivity contribution in [3.63, 3.8) is 0 Å². The smallest absolute Gasteiger partial charge is 0.275 e. The van der Waals surface area contributed by atoms with E-state index in [0.29, 0.717) is 22.5 Å². The van der Waals surface area contributed by atoms with Crippen molar-refractivity contribution in [2.45, 2.75) is 0 Å². The molecular weight excluding hydrogens is 344 g/mol. The summed E-state index contributed by atoms with van der Waals surface area (Å²) in [5.74, 6) is -0.253. The molecule has 0 aliphatic heterocycles. The molecule has 2 amide bonds. The maximum Gasteiger partial charge on any atom is 0.275 e. The third kappa shape index (κ3) is 3.49. The van der Waals surface area contributed by atoms with Crippen LogP contribution < -0.4 is 10.6 Å². The fraction of sp³-hybridized carbons (Fsp3) is 0. The number of amides is 2. The van der Waals surface area contributed by atoms with Crippen LogP contribution in [-0.2, 0) is 0 Å². The second kappa shape index (κ2) is 7.04. The molecule has 0 aliphatic rings. The number of aromatic nitrogens is 4. The van der Waals surface area contributed by atoms with E-state index < -0.39 is 0 Å². The zero-order valence-corrected chi connectivity index (χ0v) is 14.0. The summed E-state index contributed by atoms with van der Waals surface area (Å²) in [5, 5.41) is 12.8. The molecular formula is C19H14N6O2. The molecule has 0 aliphatic carbocycles. The molecule has 0 saturated heterocycles. The number of pyridine rings is 2. The van der Waals surface area contributed by atoms with Gasteiger partial charge in [-0.1, -0.05) is 12.1 Å². The van der Waals surface area contributed by atoms with Crippen LogP contribution in [0.15, 0.2) is 67.1 Å². The van der Waals surface area contributed by atoms with Gasteiger partial charge in [0.15, 0.2) is 0 Å². The molecule has 27 heavy (non-hydrogen) atoms. The number of hydrogen-bond acceptors (Lipinski definition) is 5. The Morgan fingerprint density at radius 1 is 0.889 bits per heavy atom. The van der Waals surface area contributed by atoms with E-state index in [0.717, 1.165) is 5.52 Å². The first kappa shape index (κ1) is 16.4. The average molecular weight is 358 g/mol. The minimum Gasteiger partial charge on any atom is -0.321 e. The summed E-state index contributed by atoms with van der Waals surface area (Å²) in [7, 11) is 0. The van der Waals surface area contributed by atoms with Gasteiger partial charge < -0.3 is 10.6 Å². The summed E-state index contributed by atoms with van der Waals surface area (Å²) in [6, 6.07) is 13.6. The normalized spacial score (nSPS) is 10.5. The molecule has 1 aromatic carbocycles. The fourth-order valence-electron chi connectivity index (χ4n) is 2.60. The van der Waals surface area contributed by atoms with Crippen LogP contribution in [0.3, 0.4) is 0 Å². The number of rotatable bonds is 4. The van der Waals surface area contributed by atoms with Gasteiger partial charge in [-0.3, -0.25) is 19.7 Å². The Bertz CT molecular complexity index is 1120. The van der Waals surface area contributed by atoms with Crippen molar-refractivity contribution < 1.29 is 9.59 Å². The van der Waals surface area contributed by atoms with E-state index in [2.05, 4.69) is 30.8 Å². The molecule has 4 aromatic rings. The highest BCUT2D eigenvalue weighted by Gasteiger charge is 2.14. The largest absolute Gasteiger partial charge is 0.321 e. The zero-order chi connectivity index (χ0) is 18.6. The second-order valence-electron chi connectivity index (χ2n) is 5.69. The van der Waals surface area contributed by atoms with E-state index in [4.69, 9.17) is 0 Å². The lowest BCUT2D eigenvalue weighted by molar-refractivity contribution is 0.101. The lowest BCUT2D eigenvalue weighted by atomic mass is 10.1. The van der Waals surface area contributed by atoms with Gasteiger partial charge in [0.2, 0.25) is 0 Å². The molecule has 0 unspecified atom stereocenters. The number of nitrogens with zero attached hydrogens (tertiary/aromatic N) is 3. The van der Waals surface area contributed by atoms with Gasteiger partial charge in [-0.25, -0.2) is 4.98 Å². The molecule has 8 nitrogen and oxygen atoms in total. The van der Waals surface area contributed by atoms with E-state index in [9.17, 15) is 9.59 Å². The maximum atomic E-state index is 12.6. The van der Waals surface area contributed by atoms with Crippen LogP contribution in [0.1, 0.15) is 20.8 Å². The van der Waals surface area contributed by atoms with Gasteiger partial charge in [0.25, 0.3) is 11.8 Å². The van der Waals surface area contributed by atoms with Crippen molar-refractivity contribution >= 4 is 34.2 Å². The number of carbonyl (C=O) groups excluding carboxylic acids is 2. The maximum absolute atomic E-state index is 12.6. The summed E-state index contributed by atoms with van der Waals surface area (Å²) >= 11 is 0. The van der Waals surface area contributed by atoms with E-state index in [-0.39, 0.29) is 17.5 Å². The molecule has 3 heterocycles. The first-order chi connectivity index (χ1) is 13.2. The Hall–Kier alpha value is -4.07. The molecule has 0 spiro atoms. The number of benzene rings is 1. The summed E-state index contributed by atoms with van der Waals surface area (Å²) < 4.78 is 0. The van der Waals surface area contributed by atoms with E-state index >= 15 is 0 Å². The predicted molar refractivity (Wildman–Crippen MR) is 100 cm³/mol. The van der Waals surface area contributed by atoms with E-state index in [1.54, 1.807) is 60.9 Å². The molecule has 0 atom stereocenters. The molecule has 0 bridgehead atoms. The van der Waals surface area contributed by atoms with Crippen molar-refractivity contribution in [1.29, 1.82) is 0 Å². The number of anilines is 2. The Balaban J connectivity index is 1.53. The Morgan fingerprint density at radius 2 is 1.81 bits per heavy atom. The van der Waals surface area contributed by atoms with Gasteiger partial charge >= 0.3 is 0 Å². The quantitative estimate of drug-likeness (QED) is 0.519. The van der Waals surface area contributed by atoms with Crippen molar-refractivity contribution in [3.8, 4) is 0 Å². The SMILES string of the molecule is O=C(Nc1ccccn1)c1cccc(NC(=O)c2nccc3[nH]ncc23)c1. The molecule has 0 saturated carbocycles. The standard InChI is InChI=1S/C19H14N6O2/c26-18(24-16-6-1-2-8-20-16)12-4-3-5-13(10-12)23-19(27)17-14-11-22-25-15(14)7-9-21-17/h1-11H,(H,22,25)(H,23,27)(H,20,24,26). The summed E-state index contributed by atoms with van der Waals surface area (Å²) in [6.07, 6.45) is 4.68. The Morgan fingerprint density at radius 3 is 2.67 bits per heavy atom. The molecule has 4 rings (SSSR count). The number of fused-ring (bicyclic) bond motifs is 1. The van der Waals surface area contributed by atoms with Crippen LogP contribution in [0.2, 0.25) is 0 Å². The predicted octanol–water partition coefficient (Wildman–Crippen LogP) is 2.86. The summed E-state index contributed by atoms with van der Waals surface area (Å²) in [4.78, 5) is 33.1. The molecule has 0 fully saturated rings. The molecule has 3 aromatic heterocycles. The van der Waals surface area contributed by atoms with Crippen molar-refractivity contribution in [2.75, 3.05) is 10.6 Å². The van der Waals surface area contributed by atoms with Crippen LogP contribution in [0.25, 0.3) is 10.9 Å². The van der Waals surface area contributed by atoms with Crippen LogP contribution >= 0.6 is 0 Å². The number of H-pyrrole nitrogens is 1. The number of carbonyl (C=O) groups is 2. The minimum absolute atomic E-state index is 0.254. The minimum atomic E-state index is -0.385. The molecule has 0 radical (unpaired) electrons. The third-order valence-electron chi connectivity index (χ3n) is 3.87. The molecule has 8 heteroatoms. The van der Waals surface area contributed by atoms with Crippen LogP contribution in [-0.4, -0.2) is 32.0 Å². The second-order valence-corrected chi connectivity index (χ2v) is 5.69. The van der Waals surface area contributed by atoms with Gasteiger partial charge in [0, 0.05) is 23.6 Å². The highest BCUT2D eigenvalue weighted by atomic mass is 16.2. The Labute approximate surface area is 153 Å². The van der Waals surface area contributed by atoms with E-state index in [1.807, 2.05) is 0 Å². The van der Waals surface area contributed by atoms with E-state index in [1.165, 1.54) is 6.20 Å². The zero-order valence-electron chi connectivity index (χ0n) is 14.0. The van der Waals surface area contributed by atoms with Crippen LogP contribution in [0, 0.1) is 0 Å². The van der Waals surface area contributed by atoms with Gasteiger partial charge in [0.1, 0.15) is 11.5 Å². The average Bonchev–Trinajstić information content (AvgIpc) is 3.18. The first-order valence-corrected chi connectivity index (χ1v) is 8.12. The third-order valence-corrected chi connectivity index (χ3v) is 3.87. The monoisotopic (exact) mass is 358 g/mol. The Kier molecular flexibility index (Phi) is 4.28. The van der Waals surface area contributed by atoms with Gasteiger partial charge in [0.05, 0.1) is 17.1 Å². The van der Waals surface area contributed by atoms with Gasteiger partial charge in [-0.15, -0.1) is 0 Å². The van der Waals surface area contributed by atoms with Crippen molar-refractivity contribution in [1.82, 2.24) is 20.2 Å². The lowest BCUT2D eigenvalue weighted by Crippen LogP contribution is -2.16. The van der Waals surface area contributed by atoms with Gasteiger partial charge in [-0.2, -0.15) is 5.10 Å². The summed E-state index contributed by atoms with van der Waals surface area (Å²) in [6.45, 7) is 0. The van der Waals surface area contributed by atoms with Crippen molar-refractivity contribution in [3.05, 3.63) is 78.4 Å². The number of aromatic amines is 1. The molecule has 132 valence electrons.